The van der Waals surface area contributed by atoms with E-state index >= 15 is 0 Å². The first kappa shape index (κ1) is 15.4. The number of nitrogens with zero attached hydrogens (tertiary/aromatic N) is 2. The van der Waals surface area contributed by atoms with Crippen molar-refractivity contribution in [1.82, 2.24) is 9.88 Å². The van der Waals surface area contributed by atoms with Gasteiger partial charge in [-0.1, -0.05) is 0 Å². The van der Waals surface area contributed by atoms with Gasteiger partial charge in [0, 0.05) is 37.4 Å². The van der Waals surface area contributed by atoms with Crippen LogP contribution in [0.15, 0.2) is 28.2 Å². The molecule has 1 fully saturated rings. The standard InChI is InChI=1S/C16H20N2O3S/c1-12-17-13(11-22-12)4-5-18-6-8-20-10-14(18)9-15(19)16-3-2-7-21-16/h2-3,7,11,14H,4-6,8-10H2,1H3. The summed E-state index contributed by atoms with van der Waals surface area (Å²) in [6.07, 6.45) is 2.88. The van der Waals surface area contributed by atoms with Crippen molar-refractivity contribution in [1.29, 1.82) is 0 Å². The molecular formula is C16H20N2O3S. The number of carbonyl (C=O) groups excluding carboxylic acids is 1. The van der Waals surface area contributed by atoms with Crippen molar-refractivity contribution >= 4 is 17.1 Å². The third kappa shape index (κ3) is 3.82. The number of thiazole rings is 1. The van der Waals surface area contributed by atoms with Gasteiger partial charge >= 0.3 is 0 Å². The number of rotatable bonds is 6. The van der Waals surface area contributed by atoms with Crippen molar-refractivity contribution in [3.05, 3.63) is 40.2 Å². The van der Waals surface area contributed by atoms with Crippen LogP contribution < -0.4 is 0 Å². The summed E-state index contributed by atoms with van der Waals surface area (Å²) in [6, 6.07) is 3.58. The van der Waals surface area contributed by atoms with E-state index in [2.05, 4.69) is 15.3 Å². The highest BCUT2D eigenvalue weighted by Gasteiger charge is 2.26. The summed E-state index contributed by atoms with van der Waals surface area (Å²) in [5, 5.41) is 3.21. The Hall–Kier alpha value is -1.50. The lowest BCUT2D eigenvalue weighted by Crippen LogP contribution is -2.47. The van der Waals surface area contributed by atoms with Crippen molar-refractivity contribution in [3.8, 4) is 0 Å². The Morgan fingerprint density at radius 3 is 3.18 bits per heavy atom. The zero-order valence-electron chi connectivity index (χ0n) is 12.7. The topological polar surface area (TPSA) is 55.6 Å². The van der Waals surface area contributed by atoms with Crippen LogP contribution in [-0.2, 0) is 11.2 Å². The monoisotopic (exact) mass is 320 g/mol. The summed E-state index contributed by atoms with van der Waals surface area (Å²) in [4.78, 5) is 19.0. The van der Waals surface area contributed by atoms with Gasteiger partial charge in [0.2, 0.25) is 0 Å². The van der Waals surface area contributed by atoms with Gasteiger partial charge in [-0.2, -0.15) is 0 Å². The number of furan rings is 1. The van der Waals surface area contributed by atoms with Gasteiger partial charge in [0.1, 0.15) is 0 Å². The Balaban J connectivity index is 1.57. The molecule has 0 aliphatic carbocycles. The smallest absolute Gasteiger partial charge is 0.199 e. The summed E-state index contributed by atoms with van der Waals surface area (Å²) in [7, 11) is 0. The van der Waals surface area contributed by atoms with Crippen molar-refractivity contribution in [3.63, 3.8) is 0 Å². The molecule has 0 saturated carbocycles. The minimum absolute atomic E-state index is 0.0370. The lowest BCUT2D eigenvalue weighted by Gasteiger charge is -2.35. The summed E-state index contributed by atoms with van der Waals surface area (Å²) in [6.45, 7) is 5.11. The van der Waals surface area contributed by atoms with Crippen molar-refractivity contribution in [2.75, 3.05) is 26.3 Å². The lowest BCUT2D eigenvalue weighted by atomic mass is 10.1. The van der Waals surface area contributed by atoms with Gasteiger partial charge in [-0.15, -0.1) is 11.3 Å². The highest BCUT2D eigenvalue weighted by atomic mass is 32.1. The minimum Gasteiger partial charge on any atom is -0.461 e. The van der Waals surface area contributed by atoms with Gasteiger partial charge in [-0.3, -0.25) is 9.69 Å². The Kier molecular flexibility index (Phi) is 5.02. The fraction of sp³-hybridized carbons (Fsp3) is 0.500. The number of ether oxygens (including phenoxy) is 1. The Morgan fingerprint density at radius 2 is 2.45 bits per heavy atom. The fourth-order valence-corrected chi connectivity index (χ4v) is 3.35. The van der Waals surface area contributed by atoms with Gasteiger partial charge < -0.3 is 9.15 Å². The molecule has 0 radical (unpaired) electrons. The van der Waals surface area contributed by atoms with E-state index in [4.69, 9.17) is 9.15 Å². The number of ketones is 1. The average Bonchev–Trinajstić information content (AvgIpc) is 3.18. The molecule has 6 heteroatoms. The molecule has 0 bridgehead atoms. The molecule has 3 heterocycles. The molecule has 0 aromatic carbocycles. The summed E-state index contributed by atoms with van der Waals surface area (Å²) >= 11 is 1.68. The van der Waals surface area contributed by atoms with Gasteiger partial charge in [-0.25, -0.2) is 4.98 Å². The van der Waals surface area contributed by atoms with Gasteiger partial charge in [0.05, 0.1) is 30.2 Å². The van der Waals surface area contributed by atoms with E-state index < -0.39 is 0 Å². The van der Waals surface area contributed by atoms with E-state index in [9.17, 15) is 4.79 Å². The average molecular weight is 320 g/mol. The summed E-state index contributed by atoms with van der Waals surface area (Å²) in [5.74, 6) is 0.468. The van der Waals surface area contributed by atoms with Crippen molar-refractivity contribution in [2.45, 2.75) is 25.8 Å². The first-order valence-electron chi connectivity index (χ1n) is 7.52. The molecule has 5 nitrogen and oxygen atoms in total. The molecular weight excluding hydrogens is 300 g/mol. The zero-order valence-corrected chi connectivity index (χ0v) is 13.5. The van der Waals surface area contributed by atoms with Crippen LogP contribution in [0.5, 0.6) is 0 Å². The first-order chi connectivity index (χ1) is 10.7. The molecule has 1 unspecified atom stereocenters. The fourth-order valence-electron chi connectivity index (χ4n) is 2.70. The summed E-state index contributed by atoms with van der Waals surface area (Å²) < 4.78 is 10.7. The molecule has 0 amide bonds. The molecule has 2 aromatic heterocycles. The predicted molar refractivity (Wildman–Crippen MR) is 84.4 cm³/mol. The number of Topliss-reactive ketones (excluding diaryl/α,β-unsaturated/α-hetero) is 1. The van der Waals surface area contributed by atoms with Crippen molar-refractivity contribution < 1.29 is 13.9 Å². The molecule has 2 aromatic rings. The maximum Gasteiger partial charge on any atom is 0.199 e. The highest BCUT2D eigenvalue weighted by Crippen LogP contribution is 2.16. The normalized spacial score (nSPS) is 19.4. The Labute approximate surface area is 133 Å². The second-order valence-corrected chi connectivity index (χ2v) is 6.54. The highest BCUT2D eigenvalue weighted by molar-refractivity contribution is 7.09. The van der Waals surface area contributed by atoms with Gasteiger partial charge in [-0.05, 0) is 19.1 Å². The molecule has 0 N–H and O–H groups in total. The van der Waals surface area contributed by atoms with Crippen LogP contribution in [-0.4, -0.2) is 48.0 Å². The van der Waals surface area contributed by atoms with Crippen LogP contribution >= 0.6 is 11.3 Å². The number of aromatic nitrogens is 1. The second-order valence-electron chi connectivity index (χ2n) is 5.48. The maximum absolute atomic E-state index is 12.2. The lowest BCUT2D eigenvalue weighted by molar-refractivity contribution is -0.00829. The first-order valence-corrected chi connectivity index (χ1v) is 8.40. The molecule has 22 heavy (non-hydrogen) atoms. The predicted octanol–water partition coefficient (Wildman–Crippen LogP) is 2.56. The molecule has 3 rings (SSSR count). The molecule has 118 valence electrons. The van der Waals surface area contributed by atoms with Crippen LogP contribution in [0.25, 0.3) is 0 Å². The quantitative estimate of drug-likeness (QED) is 0.766. The second kappa shape index (κ2) is 7.17. The largest absolute Gasteiger partial charge is 0.461 e. The van der Waals surface area contributed by atoms with E-state index in [0.717, 1.165) is 36.8 Å². The number of hydrogen-bond donors (Lipinski definition) is 0. The van der Waals surface area contributed by atoms with E-state index in [1.54, 1.807) is 23.5 Å². The number of carbonyl (C=O) groups is 1. The van der Waals surface area contributed by atoms with E-state index in [0.29, 0.717) is 18.8 Å². The third-order valence-electron chi connectivity index (χ3n) is 3.89. The van der Waals surface area contributed by atoms with Crippen LogP contribution in [0, 0.1) is 6.92 Å². The van der Waals surface area contributed by atoms with E-state index in [-0.39, 0.29) is 11.8 Å². The van der Waals surface area contributed by atoms with Crippen LogP contribution in [0.2, 0.25) is 0 Å². The molecule has 0 spiro atoms. The number of hydrogen-bond acceptors (Lipinski definition) is 6. The minimum atomic E-state index is 0.0370. The van der Waals surface area contributed by atoms with Crippen LogP contribution in [0.1, 0.15) is 27.7 Å². The van der Waals surface area contributed by atoms with E-state index in [1.165, 1.54) is 6.26 Å². The van der Waals surface area contributed by atoms with Gasteiger partial charge in [0.25, 0.3) is 0 Å². The van der Waals surface area contributed by atoms with E-state index in [1.807, 2.05) is 6.92 Å². The summed E-state index contributed by atoms with van der Waals surface area (Å²) in [5.41, 5.74) is 1.13. The van der Waals surface area contributed by atoms with Crippen LogP contribution in [0.4, 0.5) is 0 Å². The molecule has 1 aliphatic rings. The number of morpholine rings is 1. The van der Waals surface area contributed by atoms with Crippen LogP contribution in [0.3, 0.4) is 0 Å². The molecule has 1 atom stereocenters. The van der Waals surface area contributed by atoms with Crippen molar-refractivity contribution in [2.24, 2.45) is 0 Å². The SMILES string of the molecule is Cc1nc(CCN2CCOCC2CC(=O)c2ccco2)cs1. The maximum atomic E-state index is 12.2. The number of aryl methyl sites for hydroxylation is 1. The molecule has 1 saturated heterocycles. The zero-order chi connectivity index (χ0) is 15.4. The molecule has 1 aliphatic heterocycles. The van der Waals surface area contributed by atoms with Gasteiger partial charge in [0.15, 0.2) is 11.5 Å². The third-order valence-corrected chi connectivity index (χ3v) is 4.71. The Morgan fingerprint density at radius 1 is 1.55 bits per heavy atom. The Bertz CT molecular complexity index is 609.